The molecule has 0 amide bonds. The zero-order valence-electron chi connectivity index (χ0n) is 12.7. The largest absolute Gasteiger partial charge is 0.398 e. The molecule has 0 atom stereocenters. The van der Waals surface area contributed by atoms with Crippen molar-refractivity contribution >= 4 is 25.5 Å². The maximum absolute atomic E-state index is 12.4. The Bertz CT molecular complexity index is 712. The van der Waals surface area contributed by atoms with Crippen LogP contribution in [0.15, 0.2) is 11.0 Å². The highest BCUT2D eigenvalue weighted by atomic mass is 32.2. The minimum Gasteiger partial charge on any atom is -0.398 e. The van der Waals surface area contributed by atoms with Gasteiger partial charge in [-0.05, 0) is 43.5 Å². The van der Waals surface area contributed by atoms with Crippen LogP contribution in [0.3, 0.4) is 0 Å². The lowest BCUT2D eigenvalue weighted by Crippen LogP contribution is -2.31. The fraction of sp³-hybridized carbons (Fsp3) is 0.538. The summed E-state index contributed by atoms with van der Waals surface area (Å²) in [6.07, 6.45) is 0. The molecule has 6 nitrogen and oxygen atoms in total. The van der Waals surface area contributed by atoms with E-state index in [0.717, 1.165) is 5.56 Å². The first-order valence-corrected chi connectivity index (χ1v) is 9.88. The summed E-state index contributed by atoms with van der Waals surface area (Å²) in [7, 11) is -7.00. The van der Waals surface area contributed by atoms with Crippen LogP contribution in [0.1, 0.15) is 23.6 Å². The molecule has 1 aromatic rings. The van der Waals surface area contributed by atoms with E-state index in [0.29, 0.717) is 16.8 Å². The third-order valence-corrected chi connectivity index (χ3v) is 6.93. The molecule has 0 saturated heterocycles. The van der Waals surface area contributed by atoms with Crippen LogP contribution in [-0.4, -0.2) is 34.9 Å². The van der Waals surface area contributed by atoms with Gasteiger partial charge in [-0.1, -0.05) is 6.92 Å². The van der Waals surface area contributed by atoms with Crippen LogP contribution < -0.4 is 10.5 Å². The molecule has 0 aliphatic carbocycles. The Morgan fingerprint density at radius 1 is 1.10 bits per heavy atom. The molecule has 0 bridgehead atoms. The standard InChI is InChI=1S/C13H22N2O4S2/c1-5-20(16,17)7-6-15-21(18,19)13-10(3)9(2)8-12(14)11(13)4/h8,15H,5-7,14H2,1-4H3. The summed E-state index contributed by atoms with van der Waals surface area (Å²) in [4.78, 5) is 0.133. The SMILES string of the molecule is CCS(=O)(=O)CCNS(=O)(=O)c1c(C)c(C)cc(N)c1C. The van der Waals surface area contributed by atoms with E-state index in [1.54, 1.807) is 26.8 Å². The van der Waals surface area contributed by atoms with Crippen molar-refractivity contribution in [3.05, 3.63) is 22.8 Å². The summed E-state index contributed by atoms with van der Waals surface area (Å²) in [6.45, 7) is 6.51. The summed E-state index contributed by atoms with van der Waals surface area (Å²) in [5, 5.41) is 0. The average Bonchev–Trinajstić information content (AvgIpc) is 2.36. The lowest BCUT2D eigenvalue weighted by molar-refractivity contribution is 0.580. The number of sulfonamides is 1. The molecule has 0 saturated carbocycles. The Balaban J connectivity index is 3.10. The zero-order valence-corrected chi connectivity index (χ0v) is 14.4. The zero-order chi connectivity index (χ0) is 16.4. The van der Waals surface area contributed by atoms with Crippen molar-refractivity contribution in [3.8, 4) is 0 Å². The van der Waals surface area contributed by atoms with Gasteiger partial charge in [0.25, 0.3) is 0 Å². The molecule has 0 aliphatic heterocycles. The molecule has 120 valence electrons. The molecule has 0 spiro atoms. The van der Waals surface area contributed by atoms with Gasteiger partial charge in [0.1, 0.15) is 0 Å². The number of aryl methyl sites for hydroxylation is 1. The Morgan fingerprint density at radius 3 is 2.19 bits per heavy atom. The maximum atomic E-state index is 12.4. The molecule has 0 aromatic heterocycles. The fourth-order valence-electron chi connectivity index (χ4n) is 1.99. The molecule has 1 rings (SSSR count). The predicted octanol–water partition coefficient (Wildman–Crippen LogP) is 0.907. The minimum atomic E-state index is -3.79. The Morgan fingerprint density at radius 2 is 1.67 bits per heavy atom. The number of nitrogen functional groups attached to an aromatic ring is 1. The molecule has 0 radical (unpaired) electrons. The topological polar surface area (TPSA) is 106 Å². The normalized spacial score (nSPS) is 12.6. The first-order chi connectivity index (χ1) is 9.52. The first kappa shape index (κ1) is 17.9. The Hall–Kier alpha value is -1.12. The van der Waals surface area contributed by atoms with E-state index in [9.17, 15) is 16.8 Å². The number of hydrogen-bond acceptors (Lipinski definition) is 5. The molecule has 21 heavy (non-hydrogen) atoms. The molecule has 0 heterocycles. The van der Waals surface area contributed by atoms with Crippen molar-refractivity contribution in [2.24, 2.45) is 0 Å². The van der Waals surface area contributed by atoms with E-state index in [-0.39, 0.29) is 22.9 Å². The molecule has 3 N–H and O–H groups in total. The highest BCUT2D eigenvalue weighted by Crippen LogP contribution is 2.27. The van der Waals surface area contributed by atoms with Gasteiger partial charge in [-0.25, -0.2) is 21.6 Å². The van der Waals surface area contributed by atoms with Gasteiger partial charge >= 0.3 is 0 Å². The maximum Gasteiger partial charge on any atom is 0.241 e. The molecule has 0 aliphatic rings. The average molecular weight is 334 g/mol. The second kappa shape index (κ2) is 6.33. The predicted molar refractivity (Wildman–Crippen MR) is 84.6 cm³/mol. The van der Waals surface area contributed by atoms with Crippen LogP contribution in [0.25, 0.3) is 0 Å². The molecular weight excluding hydrogens is 312 g/mol. The molecule has 0 fully saturated rings. The van der Waals surface area contributed by atoms with E-state index in [1.807, 2.05) is 0 Å². The Labute approximate surface area is 126 Å². The molecule has 0 unspecified atom stereocenters. The van der Waals surface area contributed by atoms with Crippen LogP contribution in [0.5, 0.6) is 0 Å². The Kier molecular flexibility index (Phi) is 5.40. The van der Waals surface area contributed by atoms with Crippen molar-refractivity contribution in [1.82, 2.24) is 4.72 Å². The van der Waals surface area contributed by atoms with Gasteiger partial charge in [-0.2, -0.15) is 0 Å². The van der Waals surface area contributed by atoms with Crippen LogP contribution >= 0.6 is 0 Å². The second-order valence-corrected chi connectivity index (χ2v) is 9.17. The second-order valence-electron chi connectivity index (χ2n) is 5.00. The number of anilines is 1. The summed E-state index contributed by atoms with van der Waals surface area (Å²) in [5.41, 5.74) is 8.09. The quantitative estimate of drug-likeness (QED) is 0.752. The summed E-state index contributed by atoms with van der Waals surface area (Å²) < 4.78 is 49.9. The van der Waals surface area contributed by atoms with Crippen LogP contribution in [-0.2, 0) is 19.9 Å². The number of nitrogens with one attached hydrogen (secondary N) is 1. The van der Waals surface area contributed by atoms with Gasteiger partial charge in [0, 0.05) is 18.0 Å². The van der Waals surface area contributed by atoms with Crippen LogP contribution in [0, 0.1) is 20.8 Å². The van der Waals surface area contributed by atoms with Crippen molar-refractivity contribution in [3.63, 3.8) is 0 Å². The first-order valence-electron chi connectivity index (χ1n) is 6.58. The van der Waals surface area contributed by atoms with Gasteiger partial charge in [0.05, 0.1) is 10.6 Å². The number of hydrogen-bond donors (Lipinski definition) is 2. The smallest absolute Gasteiger partial charge is 0.241 e. The van der Waals surface area contributed by atoms with Crippen molar-refractivity contribution < 1.29 is 16.8 Å². The lowest BCUT2D eigenvalue weighted by Gasteiger charge is -2.15. The number of rotatable bonds is 6. The number of nitrogens with two attached hydrogens (primary N) is 1. The monoisotopic (exact) mass is 334 g/mol. The molecular formula is C13H22N2O4S2. The van der Waals surface area contributed by atoms with E-state index in [2.05, 4.69) is 4.72 Å². The van der Waals surface area contributed by atoms with Gasteiger partial charge in [0.2, 0.25) is 10.0 Å². The molecule has 8 heteroatoms. The van der Waals surface area contributed by atoms with E-state index >= 15 is 0 Å². The van der Waals surface area contributed by atoms with Gasteiger partial charge < -0.3 is 5.73 Å². The van der Waals surface area contributed by atoms with Gasteiger partial charge in [0.15, 0.2) is 9.84 Å². The summed E-state index contributed by atoms with van der Waals surface area (Å²) in [6, 6.07) is 1.73. The lowest BCUT2D eigenvalue weighted by atomic mass is 10.1. The number of benzene rings is 1. The number of sulfone groups is 1. The highest BCUT2D eigenvalue weighted by molar-refractivity contribution is 7.91. The van der Waals surface area contributed by atoms with Crippen LogP contribution in [0.2, 0.25) is 0 Å². The third kappa shape index (κ3) is 4.18. The summed E-state index contributed by atoms with van der Waals surface area (Å²) in [5.74, 6) is -0.230. The van der Waals surface area contributed by atoms with Crippen molar-refractivity contribution in [1.29, 1.82) is 0 Å². The van der Waals surface area contributed by atoms with E-state index in [1.165, 1.54) is 6.92 Å². The van der Waals surface area contributed by atoms with Crippen LogP contribution in [0.4, 0.5) is 5.69 Å². The minimum absolute atomic E-state index is 0.00975. The van der Waals surface area contributed by atoms with E-state index in [4.69, 9.17) is 5.73 Å². The summed E-state index contributed by atoms with van der Waals surface area (Å²) >= 11 is 0. The third-order valence-electron chi connectivity index (χ3n) is 3.49. The van der Waals surface area contributed by atoms with E-state index < -0.39 is 19.9 Å². The van der Waals surface area contributed by atoms with Crippen molar-refractivity contribution in [2.75, 3.05) is 23.8 Å². The van der Waals surface area contributed by atoms with Gasteiger partial charge in [-0.15, -0.1) is 0 Å². The fourth-order valence-corrected chi connectivity index (χ4v) is 4.42. The highest BCUT2D eigenvalue weighted by Gasteiger charge is 2.22. The van der Waals surface area contributed by atoms with Gasteiger partial charge in [-0.3, -0.25) is 0 Å². The van der Waals surface area contributed by atoms with Crippen molar-refractivity contribution in [2.45, 2.75) is 32.6 Å². The molecule has 1 aromatic carbocycles.